The van der Waals surface area contributed by atoms with Crippen molar-refractivity contribution in [3.63, 3.8) is 0 Å². The van der Waals surface area contributed by atoms with Crippen molar-refractivity contribution in [3.05, 3.63) is 17.5 Å². The molecule has 0 N–H and O–H groups in total. The van der Waals surface area contributed by atoms with Crippen LogP contribution in [0.15, 0.2) is 6.20 Å². The third kappa shape index (κ3) is 2.76. The maximum absolute atomic E-state index is 12.4. The van der Waals surface area contributed by atoms with Crippen molar-refractivity contribution in [2.45, 2.75) is 38.5 Å². The van der Waals surface area contributed by atoms with E-state index in [0.717, 1.165) is 43.6 Å². The Morgan fingerprint density at radius 2 is 2.12 bits per heavy atom. The smallest absolute Gasteiger partial charge is 0.225 e. The molecule has 2 aliphatic heterocycles. The molecule has 4 rings (SSSR count). The van der Waals surface area contributed by atoms with Gasteiger partial charge in [0.05, 0.1) is 13.1 Å². The van der Waals surface area contributed by atoms with Crippen molar-refractivity contribution in [3.8, 4) is 0 Å². The van der Waals surface area contributed by atoms with E-state index < -0.39 is 6.67 Å². The minimum atomic E-state index is -0.567. The molecule has 0 radical (unpaired) electrons. The number of halogens is 1. The summed E-state index contributed by atoms with van der Waals surface area (Å²) >= 11 is 0. The summed E-state index contributed by atoms with van der Waals surface area (Å²) in [6.07, 6.45) is 5.31. The standard InChI is InChI=1S/C18H25FN4O/c1-12-3-6-22(7-4-12)18-20-9-14-15-11-23(17(24)2-5-19)10-13(15)8-16(14)21-18/h9,12-13,15H,2-8,10-11H2,1H3. The lowest BCUT2D eigenvalue weighted by atomic mass is 9.97. The van der Waals surface area contributed by atoms with E-state index in [1.807, 2.05) is 11.1 Å². The van der Waals surface area contributed by atoms with E-state index in [-0.39, 0.29) is 12.3 Å². The molecule has 2 unspecified atom stereocenters. The van der Waals surface area contributed by atoms with Crippen LogP contribution in [0.1, 0.15) is 43.4 Å². The largest absolute Gasteiger partial charge is 0.342 e. The average molecular weight is 332 g/mol. The second-order valence-electron chi connectivity index (χ2n) is 7.55. The van der Waals surface area contributed by atoms with Gasteiger partial charge >= 0.3 is 0 Å². The fraction of sp³-hybridized carbons (Fsp3) is 0.722. The Morgan fingerprint density at radius 3 is 2.88 bits per heavy atom. The number of piperidine rings is 1. The van der Waals surface area contributed by atoms with E-state index in [9.17, 15) is 9.18 Å². The maximum atomic E-state index is 12.4. The van der Waals surface area contributed by atoms with Crippen LogP contribution in [-0.2, 0) is 11.2 Å². The number of hydrogen-bond acceptors (Lipinski definition) is 4. The van der Waals surface area contributed by atoms with Crippen LogP contribution in [0.2, 0.25) is 0 Å². The predicted molar refractivity (Wildman–Crippen MR) is 89.8 cm³/mol. The number of aromatic nitrogens is 2. The quantitative estimate of drug-likeness (QED) is 0.851. The molecule has 6 heteroatoms. The summed E-state index contributed by atoms with van der Waals surface area (Å²) in [7, 11) is 0. The summed E-state index contributed by atoms with van der Waals surface area (Å²) in [6, 6.07) is 0. The predicted octanol–water partition coefficient (Wildman–Crippen LogP) is 2.17. The van der Waals surface area contributed by atoms with Crippen LogP contribution < -0.4 is 4.90 Å². The average Bonchev–Trinajstić information content (AvgIpc) is 3.13. The van der Waals surface area contributed by atoms with Crippen molar-refractivity contribution in [2.75, 3.05) is 37.8 Å². The minimum absolute atomic E-state index is 0.00905. The van der Waals surface area contributed by atoms with Crippen LogP contribution in [-0.4, -0.2) is 53.6 Å². The molecule has 3 heterocycles. The molecule has 2 saturated heterocycles. The lowest BCUT2D eigenvalue weighted by Gasteiger charge is -2.30. The van der Waals surface area contributed by atoms with E-state index >= 15 is 0 Å². The number of carbonyl (C=O) groups excluding carboxylic acids is 1. The van der Waals surface area contributed by atoms with E-state index in [1.165, 1.54) is 18.4 Å². The van der Waals surface area contributed by atoms with Gasteiger partial charge in [0.1, 0.15) is 0 Å². The molecule has 0 aromatic carbocycles. The summed E-state index contributed by atoms with van der Waals surface area (Å²) in [6.45, 7) is 5.24. The SMILES string of the molecule is CC1CCN(c2ncc3c(n2)CC2CN(C(=O)CCF)CC32)CC1. The first kappa shape index (κ1) is 15.8. The van der Waals surface area contributed by atoms with Crippen LogP contribution in [0.4, 0.5) is 10.3 Å². The van der Waals surface area contributed by atoms with E-state index in [2.05, 4.69) is 16.8 Å². The molecule has 0 saturated carbocycles. The third-order valence-electron chi connectivity index (χ3n) is 5.91. The number of carbonyl (C=O) groups is 1. The number of nitrogens with zero attached hydrogens (tertiary/aromatic N) is 4. The van der Waals surface area contributed by atoms with Gasteiger partial charge in [-0.1, -0.05) is 6.92 Å². The summed E-state index contributed by atoms with van der Waals surface area (Å²) in [5, 5.41) is 0. The molecule has 3 aliphatic rings. The van der Waals surface area contributed by atoms with Crippen LogP contribution in [0, 0.1) is 11.8 Å². The molecule has 24 heavy (non-hydrogen) atoms. The monoisotopic (exact) mass is 332 g/mol. The molecule has 130 valence electrons. The lowest BCUT2D eigenvalue weighted by Crippen LogP contribution is -2.34. The zero-order chi connectivity index (χ0) is 16.7. The Kier molecular flexibility index (Phi) is 4.14. The zero-order valence-electron chi connectivity index (χ0n) is 14.2. The van der Waals surface area contributed by atoms with E-state index in [1.54, 1.807) is 0 Å². The molecular weight excluding hydrogens is 307 g/mol. The van der Waals surface area contributed by atoms with Crippen molar-refractivity contribution in [1.29, 1.82) is 0 Å². The lowest BCUT2D eigenvalue weighted by molar-refractivity contribution is -0.130. The van der Waals surface area contributed by atoms with Crippen LogP contribution in [0.5, 0.6) is 0 Å². The van der Waals surface area contributed by atoms with E-state index in [4.69, 9.17) is 4.98 Å². The van der Waals surface area contributed by atoms with Crippen molar-refractivity contribution in [1.82, 2.24) is 14.9 Å². The topological polar surface area (TPSA) is 49.3 Å². The molecule has 2 atom stereocenters. The molecule has 5 nitrogen and oxygen atoms in total. The van der Waals surface area contributed by atoms with Gasteiger partial charge in [-0.2, -0.15) is 0 Å². The van der Waals surface area contributed by atoms with Crippen molar-refractivity contribution in [2.24, 2.45) is 11.8 Å². The number of likely N-dealkylation sites (tertiary alicyclic amines) is 1. The highest BCUT2D eigenvalue weighted by Crippen LogP contribution is 2.42. The molecule has 2 fully saturated rings. The van der Waals surface area contributed by atoms with Gasteiger partial charge in [0.25, 0.3) is 0 Å². The second kappa shape index (κ2) is 6.30. The van der Waals surface area contributed by atoms with Gasteiger partial charge in [-0.3, -0.25) is 9.18 Å². The molecule has 1 aliphatic carbocycles. The number of hydrogen-bond donors (Lipinski definition) is 0. The Morgan fingerprint density at radius 1 is 1.33 bits per heavy atom. The summed E-state index contributed by atoms with van der Waals surface area (Å²) in [5.74, 6) is 2.36. The number of anilines is 1. The molecule has 0 spiro atoms. The van der Waals surface area contributed by atoms with Crippen LogP contribution >= 0.6 is 0 Å². The molecular formula is C18H25FN4O. The van der Waals surface area contributed by atoms with E-state index in [0.29, 0.717) is 18.4 Å². The van der Waals surface area contributed by atoms with Gasteiger partial charge in [0.15, 0.2) is 0 Å². The van der Waals surface area contributed by atoms with Gasteiger partial charge in [0, 0.05) is 44.0 Å². The molecule has 1 aromatic heterocycles. The maximum Gasteiger partial charge on any atom is 0.225 e. The number of alkyl halides is 1. The summed E-state index contributed by atoms with van der Waals surface area (Å²) in [5.41, 5.74) is 2.36. The number of fused-ring (bicyclic) bond motifs is 3. The summed E-state index contributed by atoms with van der Waals surface area (Å²) < 4.78 is 12.4. The fourth-order valence-corrected chi connectivity index (χ4v) is 4.37. The van der Waals surface area contributed by atoms with Gasteiger partial charge in [-0.05, 0) is 36.7 Å². The van der Waals surface area contributed by atoms with Crippen molar-refractivity contribution >= 4 is 11.9 Å². The van der Waals surface area contributed by atoms with Gasteiger partial charge in [-0.25, -0.2) is 9.97 Å². The van der Waals surface area contributed by atoms with Gasteiger partial charge in [-0.15, -0.1) is 0 Å². The number of rotatable bonds is 3. The Hall–Kier alpha value is -1.72. The number of amides is 1. The Bertz CT molecular complexity index is 629. The first-order chi connectivity index (χ1) is 11.7. The summed E-state index contributed by atoms with van der Waals surface area (Å²) in [4.78, 5) is 25.5. The zero-order valence-corrected chi connectivity index (χ0v) is 14.2. The third-order valence-corrected chi connectivity index (χ3v) is 5.91. The molecule has 1 aromatic rings. The van der Waals surface area contributed by atoms with Crippen LogP contribution in [0.3, 0.4) is 0 Å². The van der Waals surface area contributed by atoms with Crippen LogP contribution in [0.25, 0.3) is 0 Å². The second-order valence-corrected chi connectivity index (χ2v) is 7.55. The Labute approximate surface area is 142 Å². The highest BCUT2D eigenvalue weighted by Gasteiger charge is 2.42. The Balaban J connectivity index is 1.47. The highest BCUT2D eigenvalue weighted by molar-refractivity contribution is 5.76. The first-order valence-electron chi connectivity index (χ1n) is 9.10. The highest BCUT2D eigenvalue weighted by atomic mass is 19.1. The molecule has 1 amide bonds. The molecule has 0 bridgehead atoms. The van der Waals surface area contributed by atoms with Gasteiger partial charge in [0.2, 0.25) is 11.9 Å². The van der Waals surface area contributed by atoms with Crippen molar-refractivity contribution < 1.29 is 9.18 Å². The first-order valence-corrected chi connectivity index (χ1v) is 9.10. The van der Waals surface area contributed by atoms with Gasteiger partial charge < -0.3 is 9.80 Å². The fourth-order valence-electron chi connectivity index (χ4n) is 4.37. The normalized spacial score (nSPS) is 26.6. The minimum Gasteiger partial charge on any atom is -0.342 e.